The van der Waals surface area contributed by atoms with Gasteiger partial charge in [0.2, 0.25) is 82.7 Å². The van der Waals surface area contributed by atoms with Gasteiger partial charge in [-0.1, -0.05) is 132 Å². The Morgan fingerprint density at radius 3 is 1.54 bits per heavy atom. The molecule has 8 rings (SSSR count). The second-order valence-corrected chi connectivity index (χ2v) is 32.9. The monoisotopic (exact) mass is 1760 g/mol. The number of aliphatic carboxylic acids is 1. The van der Waals surface area contributed by atoms with Crippen molar-refractivity contribution < 1.29 is 86.9 Å². The lowest BCUT2D eigenvalue weighted by atomic mass is 9.98. The Hall–Kier alpha value is -13.6. The Bertz CT molecular complexity index is 4830. The van der Waals surface area contributed by atoms with Crippen molar-refractivity contribution in [1.82, 2.24) is 83.2 Å². The Labute approximate surface area is 734 Å². The number of hydrogen-bond donors (Lipinski definition) is 20. The van der Waals surface area contributed by atoms with E-state index in [0.717, 1.165) is 16.5 Å². The number of guanidine groups is 1. The predicted molar refractivity (Wildman–Crippen MR) is 466 cm³/mol. The standard InChI is InChI=1S/C88H119N21O18/c1-6-7-19-61(77(116)107-69(87(126)127)42-52-26-30-57(110)31-27-52)101-84(123)71-23-15-38-109(71)86(125)64(33-35-73(91)112)99-74(113)47-97-83(122)70-22-14-37-108(70)85(124)63(21-13-36-95-88(92)93)102-80(119)66(40-50(4)5)104-78(117)62(32-34-72(90)111)100-79(118)65(39-49(2)3)105-81(120)67(41-51-24-28-54(29-25-51)75(114)53-16-9-8-10-17-53)106-82(121)68(44-56-46-94-48-98-56)103-76(115)59(89)43-55-45-96-60-20-12-11-18-58(55)60/h8-12,16-18,20,24-31,45-46,48-50,59,61-71,96,110H,6-7,13-15,19,21-23,32-44,47,89H2,1-5H3,(H2,90,111)(H2,91,112)(H,94,98)(H,97,122)(H,99,113)(H,100,118)(H,101,123)(H,102,119)(H,103,115)(H,104,117)(H,105,120)(H,106,121)(H,107,116)(H,126,127)(H4,92,93,95)/t59-,61-,62-,63-,64-,65-,66-,67+,68-,69-,70-,71-/m0/s1. The van der Waals surface area contributed by atoms with Crippen molar-refractivity contribution in [1.29, 1.82) is 5.41 Å². The molecule has 0 saturated carbocycles. The smallest absolute Gasteiger partial charge is 0.326 e. The Morgan fingerprint density at radius 1 is 0.504 bits per heavy atom. The van der Waals surface area contributed by atoms with Crippen molar-refractivity contribution >= 4 is 111 Å². The summed E-state index contributed by atoms with van der Waals surface area (Å²) < 4.78 is 0. The van der Waals surface area contributed by atoms with Gasteiger partial charge in [0, 0.05) is 91.9 Å². The first-order valence-electron chi connectivity index (χ1n) is 42.8. The molecule has 127 heavy (non-hydrogen) atoms. The van der Waals surface area contributed by atoms with Crippen LogP contribution in [-0.4, -0.2) is 234 Å². The second-order valence-electron chi connectivity index (χ2n) is 32.9. The molecule has 0 radical (unpaired) electrons. The molecule has 6 aromatic rings. The quantitative estimate of drug-likeness (QED) is 0.0104. The molecule has 0 bridgehead atoms. The molecular weight excluding hydrogens is 1640 g/mol. The fourth-order valence-electron chi connectivity index (χ4n) is 15.2. The molecule has 39 nitrogen and oxygen atoms in total. The molecule has 2 saturated heterocycles. The summed E-state index contributed by atoms with van der Waals surface area (Å²) >= 11 is 0. The molecule has 24 N–H and O–H groups in total. The first kappa shape index (κ1) is 98.8. The van der Waals surface area contributed by atoms with E-state index in [9.17, 15) is 82.1 Å². The molecule has 0 aliphatic carbocycles. The van der Waals surface area contributed by atoms with Crippen LogP contribution in [0.5, 0.6) is 5.75 Å². The van der Waals surface area contributed by atoms with Gasteiger partial charge in [0.05, 0.1) is 18.9 Å². The number of nitrogens with one attached hydrogen (secondary N) is 14. The summed E-state index contributed by atoms with van der Waals surface area (Å²) in [5.74, 6) is -14.6. The lowest BCUT2D eigenvalue weighted by Gasteiger charge is -2.31. The number of likely N-dealkylation sites (tertiary alicyclic amines) is 2. The van der Waals surface area contributed by atoms with Crippen molar-refractivity contribution in [2.75, 3.05) is 26.2 Å². The molecule has 684 valence electrons. The van der Waals surface area contributed by atoms with Gasteiger partial charge < -0.3 is 111 Å². The summed E-state index contributed by atoms with van der Waals surface area (Å²) in [6.07, 6.45) is 4.12. The van der Waals surface area contributed by atoms with Crippen molar-refractivity contribution in [2.45, 2.75) is 229 Å². The number of amides is 14. The number of phenols is 1. The highest BCUT2D eigenvalue weighted by Crippen LogP contribution is 2.25. The number of nitrogens with two attached hydrogens (primary N) is 4. The molecule has 39 heteroatoms. The van der Waals surface area contributed by atoms with Crippen LogP contribution in [0.25, 0.3) is 10.9 Å². The van der Waals surface area contributed by atoms with Gasteiger partial charge in [-0.3, -0.25) is 77.3 Å². The zero-order chi connectivity index (χ0) is 92.6. The van der Waals surface area contributed by atoms with Crippen LogP contribution >= 0.6 is 0 Å². The molecule has 12 atom stereocenters. The highest BCUT2D eigenvalue weighted by atomic mass is 16.4. The largest absolute Gasteiger partial charge is 0.508 e. The molecule has 4 aromatic carbocycles. The SMILES string of the molecule is CCCC[C@H](NC(=O)[C@@H]1CCCN1C(=O)[C@H](CCC(N)=O)NC(=O)CNC(=O)[C@@H]1CCCN1C(=O)[C@H](CCCNC(=N)N)NC(=O)[C@H](CC(C)C)NC(=O)[C@H](CCC(N)=O)NC(=O)[C@H](CC(C)C)NC(=O)[C@@H](Cc1ccc(C(=O)c2ccccc2)cc1)NC(=O)[C@H](Cc1cnc[nH]1)NC(=O)[C@@H](N)Cc1c[nH]c2ccccc12)C(=O)N[C@@H](Cc1ccc(O)cc1)C(=O)O. The fraction of sp³-hybridized carbons (Fsp3) is 0.477. The number of para-hydroxylation sites is 1. The number of phenolic OH excluding ortho intramolecular Hbond substituents is 1. The first-order chi connectivity index (χ1) is 60.5. The molecular formula is C88H119N21O18. The van der Waals surface area contributed by atoms with Gasteiger partial charge >= 0.3 is 5.97 Å². The highest BCUT2D eigenvalue weighted by Gasteiger charge is 2.43. The number of fused-ring (bicyclic) bond motifs is 1. The number of imidazole rings is 1. The summed E-state index contributed by atoms with van der Waals surface area (Å²) in [6.45, 7) is 8.08. The molecule has 2 aliphatic rings. The van der Waals surface area contributed by atoms with E-state index in [-0.39, 0.29) is 126 Å². The number of rotatable bonds is 50. The summed E-state index contributed by atoms with van der Waals surface area (Å²) in [7, 11) is 0. The van der Waals surface area contributed by atoms with Gasteiger partial charge in [0.25, 0.3) is 0 Å². The number of ketones is 1. The predicted octanol–water partition coefficient (Wildman–Crippen LogP) is 0.0482. The number of H-pyrrole nitrogens is 2. The number of carbonyl (C=O) groups excluding carboxylic acids is 15. The van der Waals surface area contributed by atoms with E-state index in [1.165, 1.54) is 46.6 Å². The molecule has 2 aromatic heterocycles. The number of aromatic amines is 2. The number of carbonyl (C=O) groups is 16. The van der Waals surface area contributed by atoms with Gasteiger partial charge in [0.1, 0.15) is 72.2 Å². The first-order valence-corrected chi connectivity index (χ1v) is 42.8. The third-order valence-corrected chi connectivity index (χ3v) is 21.9. The summed E-state index contributed by atoms with van der Waals surface area (Å²) in [5.41, 5.74) is 27.0. The van der Waals surface area contributed by atoms with E-state index in [2.05, 4.69) is 73.4 Å². The van der Waals surface area contributed by atoms with Crippen LogP contribution < -0.4 is 81.4 Å². The Balaban J connectivity index is 0.954. The van der Waals surface area contributed by atoms with Crippen LogP contribution in [0.1, 0.15) is 169 Å². The lowest BCUT2D eigenvalue weighted by molar-refractivity contribution is -0.144. The third kappa shape index (κ3) is 30.6. The second kappa shape index (κ2) is 48.6. The summed E-state index contributed by atoms with van der Waals surface area (Å²) in [6, 6.07) is 11.3. The van der Waals surface area contributed by atoms with Crippen molar-refractivity contribution in [3.05, 3.63) is 155 Å². The van der Waals surface area contributed by atoms with Crippen molar-refractivity contribution in [3.8, 4) is 5.75 Å². The van der Waals surface area contributed by atoms with Crippen LogP contribution in [-0.2, 0) is 97.6 Å². The average molecular weight is 1760 g/mol. The number of aromatic hydroxyl groups is 1. The Kier molecular flexibility index (Phi) is 37.8. The molecule has 4 heterocycles. The van der Waals surface area contributed by atoms with Gasteiger partial charge in [-0.2, -0.15) is 0 Å². The molecule has 2 fully saturated rings. The number of hydrogen-bond acceptors (Lipinski definition) is 20. The number of primary amides is 2. The zero-order valence-corrected chi connectivity index (χ0v) is 72.0. The maximum absolute atomic E-state index is 15.1. The van der Waals surface area contributed by atoms with Gasteiger partial charge in [-0.15, -0.1) is 0 Å². The number of unbranched alkanes of at least 4 members (excludes halogenated alkanes) is 1. The summed E-state index contributed by atoms with van der Waals surface area (Å²) in [4.78, 5) is 237. The van der Waals surface area contributed by atoms with E-state index < -0.39 is 193 Å². The number of aromatic nitrogens is 3. The van der Waals surface area contributed by atoms with Gasteiger partial charge in [-0.25, -0.2) is 9.78 Å². The number of nitrogens with zero attached hydrogens (tertiary/aromatic N) is 3. The van der Waals surface area contributed by atoms with Gasteiger partial charge in [-0.05, 0) is 124 Å². The zero-order valence-electron chi connectivity index (χ0n) is 72.0. The summed E-state index contributed by atoms with van der Waals surface area (Å²) in [5, 5.41) is 57.6. The fourth-order valence-corrected chi connectivity index (χ4v) is 15.2. The van der Waals surface area contributed by atoms with E-state index in [0.29, 0.717) is 47.2 Å². The third-order valence-electron chi connectivity index (χ3n) is 21.9. The lowest BCUT2D eigenvalue weighted by Crippen LogP contribution is -2.61. The van der Waals surface area contributed by atoms with Crippen LogP contribution in [0.15, 0.2) is 122 Å². The average Bonchev–Trinajstić information content (AvgIpc) is 1.69. The van der Waals surface area contributed by atoms with Crippen LogP contribution in [0, 0.1) is 17.2 Å². The number of benzene rings is 4. The van der Waals surface area contributed by atoms with E-state index in [4.69, 9.17) is 28.3 Å². The minimum Gasteiger partial charge on any atom is -0.508 e. The number of carboxylic acids is 1. The van der Waals surface area contributed by atoms with Crippen molar-refractivity contribution in [2.24, 2.45) is 34.8 Å². The van der Waals surface area contributed by atoms with Crippen LogP contribution in [0.2, 0.25) is 0 Å². The molecule has 0 spiro atoms. The minimum absolute atomic E-state index is 0.0102. The van der Waals surface area contributed by atoms with Crippen LogP contribution in [0.3, 0.4) is 0 Å². The molecule has 0 unspecified atom stereocenters. The van der Waals surface area contributed by atoms with E-state index in [1.54, 1.807) is 88.5 Å². The normalized spacial score (nSPS) is 16.0. The maximum atomic E-state index is 15.1. The van der Waals surface area contributed by atoms with Crippen molar-refractivity contribution in [3.63, 3.8) is 0 Å². The Morgan fingerprint density at radius 2 is 0.976 bits per heavy atom. The van der Waals surface area contributed by atoms with E-state index >= 15 is 4.79 Å². The van der Waals surface area contributed by atoms with Gasteiger partial charge in [0.15, 0.2) is 11.7 Å². The van der Waals surface area contributed by atoms with E-state index in [1.807, 2.05) is 31.2 Å². The number of carboxylic acid groups (broad SMARTS) is 1. The maximum Gasteiger partial charge on any atom is 0.326 e. The minimum atomic E-state index is -1.64. The topological polar surface area (TPSA) is 625 Å². The van der Waals surface area contributed by atoms with Crippen LogP contribution in [0.4, 0.5) is 0 Å². The molecule has 14 amide bonds. The highest BCUT2D eigenvalue weighted by molar-refractivity contribution is 6.09. The molecule has 2 aliphatic heterocycles.